The summed E-state index contributed by atoms with van der Waals surface area (Å²) in [5.41, 5.74) is 6.05. The molecule has 8 rings (SSSR count). The Morgan fingerprint density at radius 2 is 0.697 bits per heavy atom. The van der Waals surface area contributed by atoms with Crippen LogP contribution in [0.3, 0.4) is 0 Å². The third kappa shape index (κ3) is 18.1. The number of unbranched alkanes of at least 4 members (excludes halogenated alkanes) is 5. The molecule has 2 aliphatic rings. The zero-order valence-corrected chi connectivity index (χ0v) is 44.2. The van der Waals surface area contributed by atoms with E-state index in [4.69, 9.17) is 52.1 Å². The molecule has 0 unspecified atom stereocenters. The van der Waals surface area contributed by atoms with E-state index in [9.17, 15) is 0 Å². The van der Waals surface area contributed by atoms with Gasteiger partial charge in [-0.15, -0.1) is 6.58 Å². The molecule has 0 spiro atoms. The van der Waals surface area contributed by atoms with Crippen molar-refractivity contribution in [1.29, 1.82) is 0 Å². The van der Waals surface area contributed by atoms with Crippen LogP contribution in [0.2, 0.25) is 0 Å². The van der Waals surface area contributed by atoms with Crippen LogP contribution in [0.15, 0.2) is 195 Å². The molecule has 0 amide bonds. The molecular weight excluding hydrogens is 957 g/mol. The molecule has 0 bridgehead atoms. The summed E-state index contributed by atoms with van der Waals surface area (Å²) in [6.45, 7) is 8.99. The van der Waals surface area contributed by atoms with Crippen LogP contribution in [0.25, 0.3) is 0 Å². The summed E-state index contributed by atoms with van der Waals surface area (Å²) >= 11 is 0. The Morgan fingerprint density at radius 3 is 1.12 bits per heavy atom. The van der Waals surface area contributed by atoms with Gasteiger partial charge in [0.1, 0.15) is 48.8 Å². The van der Waals surface area contributed by atoms with E-state index in [2.05, 4.69) is 25.6 Å². The Labute approximate surface area is 451 Å². The molecular formula is C65H78O11. The lowest BCUT2D eigenvalue weighted by atomic mass is 9.97. The molecule has 0 N–H and O–H groups in total. The molecule has 0 saturated carbocycles. The standard InChI is InChI=1S/C65H78O11/c1-3-5-6-7-8-27-41-68-64-62(72-46-54-36-23-13-24-37-54)60(67-40-4-2)59(70-44-52-32-19-11-20-33-52)57(76-64)49-74-65-63(73-47-55-38-25-14-26-39-55)61(71-45-53-34-21-12-22-35-53)58(69-43-51-30-17-10-18-31-51)56(75-65)48-66-42-50-28-15-9-16-29-50/h4,9-26,28-39,56-65H,2-3,5-8,27,40-49H2,1H3/t56-,57-,58-,59-,60+,61+,62+,63+,64-,65+/m1/s1. The first-order valence-electron chi connectivity index (χ1n) is 27.3. The van der Waals surface area contributed by atoms with Gasteiger partial charge in [-0.3, -0.25) is 0 Å². The van der Waals surface area contributed by atoms with Gasteiger partial charge in [-0.2, -0.15) is 0 Å². The largest absolute Gasteiger partial charge is 0.374 e. The van der Waals surface area contributed by atoms with Gasteiger partial charge in [-0.1, -0.05) is 227 Å². The number of benzene rings is 6. The minimum absolute atomic E-state index is 0.00406. The Hall–Kier alpha value is -5.38. The minimum Gasteiger partial charge on any atom is -0.374 e. The maximum atomic E-state index is 7.14. The van der Waals surface area contributed by atoms with Crippen molar-refractivity contribution < 1.29 is 52.1 Å². The second kappa shape index (κ2) is 32.4. The highest BCUT2D eigenvalue weighted by Gasteiger charge is 2.52. The van der Waals surface area contributed by atoms with Gasteiger partial charge in [0.05, 0.1) is 59.5 Å². The third-order valence-corrected chi connectivity index (χ3v) is 13.6. The molecule has 6 aromatic carbocycles. The molecule has 0 radical (unpaired) electrons. The topological polar surface area (TPSA) is 102 Å². The summed E-state index contributed by atoms with van der Waals surface area (Å²) in [4.78, 5) is 0. The lowest BCUT2D eigenvalue weighted by molar-refractivity contribution is -0.352. The van der Waals surface area contributed by atoms with Gasteiger partial charge in [0.2, 0.25) is 0 Å². The fraction of sp³-hybridized carbons (Fsp3) is 0.415. The summed E-state index contributed by atoms with van der Waals surface area (Å²) in [6.07, 6.45) is 1.08. The maximum Gasteiger partial charge on any atom is 0.187 e. The predicted molar refractivity (Wildman–Crippen MR) is 294 cm³/mol. The van der Waals surface area contributed by atoms with Crippen molar-refractivity contribution in [2.24, 2.45) is 0 Å². The molecule has 404 valence electrons. The van der Waals surface area contributed by atoms with E-state index in [1.165, 1.54) is 19.3 Å². The van der Waals surface area contributed by atoms with Crippen molar-refractivity contribution in [3.05, 3.63) is 228 Å². The van der Waals surface area contributed by atoms with Crippen LogP contribution in [-0.4, -0.2) is 87.8 Å². The van der Waals surface area contributed by atoms with E-state index >= 15 is 0 Å². The summed E-state index contributed by atoms with van der Waals surface area (Å²) in [5, 5.41) is 0. The minimum atomic E-state index is -0.994. The summed E-state index contributed by atoms with van der Waals surface area (Å²) < 4.78 is 76.1. The lowest BCUT2D eigenvalue weighted by Crippen LogP contribution is -2.64. The van der Waals surface area contributed by atoms with Crippen LogP contribution in [0, 0.1) is 0 Å². The molecule has 2 aliphatic heterocycles. The highest BCUT2D eigenvalue weighted by atomic mass is 16.8. The van der Waals surface area contributed by atoms with Crippen molar-refractivity contribution >= 4 is 0 Å². The molecule has 0 aromatic heterocycles. The predicted octanol–water partition coefficient (Wildman–Crippen LogP) is 12.5. The number of hydrogen-bond acceptors (Lipinski definition) is 11. The van der Waals surface area contributed by atoms with Crippen molar-refractivity contribution in [2.75, 3.05) is 26.4 Å². The Kier molecular flexibility index (Phi) is 24.2. The normalized spacial score (nSPS) is 23.5. The molecule has 2 saturated heterocycles. The van der Waals surface area contributed by atoms with Crippen LogP contribution < -0.4 is 0 Å². The molecule has 6 aromatic rings. The van der Waals surface area contributed by atoms with E-state index in [1.54, 1.807) is 6.08 Å². The molecule has 0 aliphatic carbocycles. The van der Waals surface area contributed by atoms with E-state index in [1.807, 2.05) is 170 Å². The summed E-state index contributed by atoms with van der Waals surface area (Å²) in [6, 6.07) is 60.6. The first kappa shape index (κ1) is 56.8. The molecule has 76 heavy (non-hydrogen) atoms. The SMILES string of the molecule is C=CCO[C@@H]1[C@H](OCc2ccccc2)[C@H](OCCCCCCCC)O[C@H](CO[C@H]2O[C@H](COCc3ccccc3)[C@@H](OCc3ccccc3)[C@H](OCc3ccccc3)[C@@H]2OCc2ccccc2)[C@H]1OCc1ccccc1. The van der Waals surface area contributed by atoms with Gasteiger partial charge < -0.3 is 52.1 Å². The van der Waals surface area contributed by atoms with Gasteiger partial charge in [-0.25, -0.2) is 0 Å². The molecule has 2 fully saturated rings. The second-order valence-electron chi connectivity index (χ2n) is 19.5. The van der Waals surface area contributed by atoms with Crippen LogP contribution in [-0.2, 0) is 91.7 Å². The zero-order valence-electron chi connectivity index (χ0n) is 44.2. The zero-order chi connectivity index (χ0) is 52.2. The van der Waals surface area contributed by atoms with E-state index in [-0.39, 0.29) is 39.6 Å². The van der Waals surface area contributed by atoms with Crippen molar-refractivity contribution in [3.63, 3.8) is 0 Å². The smallest absolute Gasteiger partial charge is 0.187 e. The molecule has 2 heterocycles. The van der Waals surface area contributed by atoms with Gasteiger partial charge in [-0.05, 0) is 39.8 Å². The molecule has 11 nitrogen and oxygen atoms in total. The van der Waals surface area contributed by atoms with Crippen LogP contribution in [0.5, 0.6) is 0 Å². The maximum absolute atomic E-state index is 7.14. The van der Waals surface area contributed by atoms with E-state index in [0.717, 1.165) is 52.6 Å². The van der Waals surface area contributed by atoms with Crippen LogP contribution in [0.1, 0.15) is 78.8 Å². The quantitative estimate of drug-likeness (QED) is 0.0291. The van der Waals surface area contributed by atoms with Gasteiger partial charge in [0.25, 0.3) is 0 Å². The highest BCUT2D eigenvalue weighted by Crippen LogP contribution is 2.35. The van der Waals surface area contributed by atoms with E-state index in [0.29, 0.717) is 26.4 Å². The van der Waals surface area contributed by atoms with Crippen LogP contribution >= 0.6 is 0 Å². The highest BCUT2D eigenvalue weighted by molar-refractivity contribution is 5.18. The Morgan fingerprint density at radius 1 is 0.355 bits per heavy atom. The number of rotatable bonds is 33. The first-order valence-corrected chi connectivity index (χ1v) is 27.3. The Bertz CT molecular complexity index is 2440. The molecule has 11 heteroatoms. The molecule has 10 atom stereocenters. The fourth-order valence-electron chi connectivity index (χ4n) is 9.58. The first-order chi connectivity index (χ1) is 37.6. The van der Waals surface area contributed by atoms with Gasteiger partial charge in [0.15, 0.2) is 12.6 Å². The summed E-state index contributed by atoms with van der Waals surface area (Å²) in [7, 11) is 0. The van der Waals surface area contributed by atoms with Crippen LogP contribution in [0.4, 0.5) is 0 Å². The van der Waals surface area contributed by atoms with E-state index < -0.39 is 61.4 Å². The fourth-order valence-corrected chi connectivity index (χ4v) is 9.58. The lowest BCUT2D eigenvalue weighted by Gasteiger charge is -2.48. The number of hydrogen-bond donors (Lipinski definition) is 0. The number of ether oxygens (including phenoxy) is 11. The average molecular weight is 1040 g/mol. The Balaban J connectivity index is 1.13. The van der Waals surface area contributed by atoms with Crippen molar-refractivity contribution in [2.45, 2.75) is 147 Å². The average Bonchev–Trinajstić information content (AvgIpc) is 3.49. The third-order valence-electron chi connectivity index (χ3n) is 13.6. The van der Waals surface area contributed by atoms with Crippen molar-refractivity contribution in [3.8, 4) is 0 Å². The van der Waals surface area contributed by atoms with Gasteiger partial charge >= 0.3 is 0 Å². The van der Waals surface area contributed by atoms with Crippen molar-refractivity contribution in [1.82, 2.24) is 0 Å². The van der Waals surface area contributed by atoms with Gasteiger partial charge in [0, 0.05) is 6.61 Å². The monoisotopic (exact) mass is 1030 g/mol. The summed E-state index contributed by atoms with van der Waals surface area (Å²) in [5.74, 6) is 0. The second-order valence-corrected chi connectivity index (χ2v) is 19.5.